The number of primary amides is 1. The van der Waals surface area contributed by atoms with Gasteiger partial charge in [-0.25, -0.2) is 5.43 Å². The Labute approximate surface area is 157 Å². The summed E-state index contributed by atoms with van der Waals surface area (Å²) in [5.74, 6) is -0.975. The first-order chi connectivity index (χ1) is 12.4. The maximum absolute atomic E-state index is 11.9. The monoisotopic (exact) mass is 377 g/mol. The number of alkyl halides is 1. The minimum atomic E-state index is -0.833. The maximum atomic E-state index is 11.9. The number of amides is 1. The highest BCUT2D eigenvalue weighted by Gasteiger charge is 2.47. The highest BCUT2D eigenvalue weighted by molar-refractivity contribution is 6.21. The molecule has 1 aromatic carbocycles. The summed E-state index contributed by atoms with van der Waals surface area (Å²) in [4.78, 5) is 23.4. The number of nitrogens with one attached hydrogen (secondary N) is 2. The second-order valence-corrected chi connectivity index (χ2v) is 8.45. The number of benzene rings is 1. The van der Waals surface area contributed by atoms with Crippen LogP contribution in [-0.2, 0) is 15.0 Å². The van der Waals surface area contributed by atoms with Crippen LogP contribution in [0.25, 0.3) is 0 Å². The molecule has 140 valence electrons. The summed E-state index contributed by atoms with van der Waals surface area (Å²) in [5, 5.41) is 9.35. The zero-order valence-corrected chi connectivity index (χ0v) is 15.2. The molecule has 26 heavy (non-hydrogen) atoms. The number of aliphatic carboxylic acids is 1. The first-order valence-corrected chi connectivity index (χ1v) is 9.64. The Kier molecular flexibility index (Phi) is 4.45. The number of carbonyl (C=O) groups is 2. The van der Waals surface area contributed by atoms with Crippen molar-refractivity contribution in [2.24, 2.45) is 11.7 Å². The van der Waals surface area contributed by atoms with Gasteiger partial charge in [0.15, 0.2) is 0 Å². The molecule has 2 saturated carbocycles. The molecule has 2 aliphatic carbocycles. The number of hydrogen-bond donors (Lipinski definition) is 4. The van der Waals surface area contributed by atoms with E-state index < -0.39 is 17.4 Å². The van der Waals surface area contributed by atoms with Crippen molar-refractivity contribution in [3.05, 3.63) is 35.4 Å². The first kappa shape index (κ1) is 17.8. The number of halogens is 1. The summed E-state index contributed by atoms with van der Waals surface area (Å²) in [5.41, 5.74) is 13.2. The van der Waals surface area contributed by atoms with Crippen LogP contribution in [0.5, 0.6) is 0 Å². The fraction of sp³-hybridized carbons (Fsp3) is 0.579. The molecule has 1 amide bonds. The molecule has 5 atom stereocenters. The van der Waals surface area contributed by atoms with Gasteiger partial charge in [-0.2, -0.15) is 0 Å². The number of hydrogen-bond acceptors (Lipinski definition) is 4. The van der Waals surface area contributed by atoms with Crippen LogP contribution in [-0.4, -0.2) is 34.4 Å². The Morgan fingerprint density at radius 2 is 1.85 bits per heavy atom. The van der Waals surface area contributed by atoms with Crippen molar-refractivity contribution >= 4 is 23.5 Å². The van der Waals surface area contributed by atoms with E-state index in [2.05, 4.69) is 10.9 Å². The summed E-state index contributed by atoms with van der Waals surface area (Å²) < 4.78 is 0. The fourth-order valence-corrected chi connectivity index (χ4v) is 5.31. The molecule has 1 aromatic rings. The van der Waals surface area contributed by atoms with Crippen molar-refractivity contribution in [2.75, 3.05) is 0 Å². The van der Waals surface area contributed by atoms with Gasteiger partial charge < -0.3 is 10.8 Å². The molecule has 6 nitrogen and oxygen atoms in total. The van der Waals surface area contributed by atoms with E-state index in [1.165, 1.54) is 0 Å². The van der Waals surface area contributed by atoms with Crippen LogP contribution in [0.15, 0.2) is 24.3 Å². The zero-order valence-electron chi connectivity index (χ0n) is 14.5. The largest absolute Gasteiger partial charge is 0.480 e. The van der Waals surface area contributed by atoms with Gasteiger partial charge in [0, 0.05) is 23.3 Å². The smallest absolute Gasteiger partial charge is 0.322 e. The maximum Gasteiger partial charge on any atom is 0.322 e. The van der Waals surface area contributed by atoms with Crippen LogP contribution < -0.4 is 16.6 Å². The molecule has 0 aromatic heterocycles. The quantitative estimate of drug-likeness (QED) is 0.597. The van der Waals surface area contributed by atoms with Crippen LogP contribution in [0.1, 0.15) is 49.1 Å². The van der Waals surface area contributed by atoms with Crippen molar-refractivity contribution in [1.82, 2.24) is 10.9 Å². The van der Waals surface area contributed by atoms with Crippen LogP contribution >= 0.6 is 11.6 Å². The minimum Gasteiger partial charge on any atom is -0.480 e. The second-order valence-electron chi connectivity index (χ2n) is 7.89. The number of hydrazine groups is 1. The summed E-state index contributed by atoms with van der Waals surface area (Å²) in [6.45, 7) is 0. The van der Waals surface area contributed by atoms with Gasteiger partial charge >= 0.3 is 5.97 Å². The average Bonchev–Trinajstić information content (AvgIpc) is 2.96. The van der Waals surface area contributed by atoms with Gasteiger partial charge in [-0.05, 0) is 36.8 Å². The van der Waals surface area contributed by atoms with E-state index in [0.717, 1.165) is 43.2 Å². The van der Waals surface area contributed by atoms with Gasteiger partial charge in [-0.3, -0.25) is 15.0 Å². The molecule has 7 heteroatoms. The third-order valence-electron chi connectivity index (χ3n) is 6.65. The summed E-state index contributed by atoms with van der Waals surface area (Å²) >= 11 is 6.64. The highest BCUT2D eigenvalue weighted by Crippen LogP contribution is 2.45. The lowest BCUT2D eigenvalue weighted by molar-refractivity contribution is -0.140. The normalized spacial score (nSPS) is 35.3. The lowest BCUT2D eigenvalue weighted by Crippen LogP contribution is -2.46. The molecule has 0 bridgehead atoms. The van der Waals surface area contributed by atoms with E-state index in [9.17, 15) is 14.7 Å². The Hall–Kier alpha value is -1.63. The van der Waals surface area contributed by atoms with Crippen LogP contribution in [0.3, 0.4) is 0 Å². The number of carboxylic acid groups (broad SMARTS) is 1. The number of rotatable bonds is 4. The molecule has 5 N–H and O–H groups in total. The van der Waals surface area contributed by atoms with Crippen molar-refractivity contribution in [3.63, 3.8) is 0 Å². The van der Waals surface area contributed by atoms with E-state index >= 15 is 0 Å². The lowest BCUT2D eigenvalue weighted by atomic mass is 9.63. The number of fused-ring (bicyclic) bond motifs is 1. The van der Waals surface area contributed by atoms with Crippen LogP contribution in [0.2, 0.25) is 0 Å². The third-order valence-corrected chi connectivity index (χ3v) is 7.13. The van der Waals surface area contributed by atoms with E-state index in [0.29, 0.717) is 0 Å². The molecule has 0 radical (unpaired) electrons. The summed E-state index contributed by atoms with van der Waals surface area (Å²) in [7, 11) is 0. The Morgan fingerprint density at radius 3 is 2.38 bits per heavy atom. The fourth-order valence-electron chi connectivity index (χ4n) is 4.87. The lowest BCUT2D eigenvalue weighted by Gasteiger charge is -2.40. The zero-order chi connectivity index (χ0) is 18.5. The standard InChI is InChI=1S/C19H24ClN3O3/c20-14-9-15-13(16(17(24)25)23-22-15)8-12(14)10-2-4-11(5-3-10)19(18(21)26)6-1-7-19/h2-5,12-16,22-23H,1,6-9H2,(H2,21,26)(H,24,25). The molecule has 1 aliphatic heterocycles. The molecule has 3 fully saturated rings. The van der Waals surface area contributed by atoms with Gasteiger partial charge in [-0.1, -0.05) is 30.7 Å². The second kappa shape index (κ2) is 6.51. The van der Waals surface area contributed by atoms with Crippen LogP contribution in [0, 0.1) is 5.92 Å². The number of carbonyl (C=O) groups excluding carboxylic acids is 1. The van der Waals surface area contributed by atoms with Gasteiger partial charge in [0.2, 0.25) is 5.91 Å². The summed E-state index contributed by atoms with van der Waals surface area (Å²) in [6.07, 6.45) is 4.09. The molecule has 1 heterocycles. The molecule has 4 rings (SSSR count). The van der Waals surface area contributed by atoms with Crippen molar-refractivity contribution in [1.29, 1.82) is 0 Å². The molecular formula is C19H24ClN3O3. The Morgan fingerprint density at radius 1 is 1.15 bits per heavy atom. The molecule has 3 aliphatic rings. The average molecular weight is 378 g/mol. The molecule has 5 unspecified atom stereocenters. The van der Waals surface area contributed by atoms with Crippen molar-refractivity contribution < 1.29 is 14.7 Å². The Balaban J connectivity index is 1.55. The molecule has 1 saturated heterocycles. The van der Waals surface area contributed by atoms with E-state index in [1.54, 1.807) is 0 Å². The third kappa shape index (κ3) is 2.71. The number of carboxylic acids is 1. The minimum absolute atomic E-state index is 0.00997. The molecular weight excluding hydrogens is 354 g/mol. The first-order valence-electron chi connectivity index (χ1n) is 9.20. The SMILES string of the molecule is NC(=O)C1(c2ccc(C3CC4C(CC3Cl)NNC4C(=O)O)cc2)CCC1. The van der Waals surface area contributed by atoms with E-state index in [-0.39, 0.29) is 29.2 Å². The van der Waals surface area contributed by atoms with Gasteiger partial charge in [0.25, 0.3) is 0 Å². The Bertz CT molecular complexity index is 719. The summed E-state index contributed by atoms with van der Waals surface area (Å²) in [6, 6.07) is 7.55. The predicted octanol–water partition coefficient (Wildman–Crippen LogP) is 1.62. The van der Waals surface area contributed by atoms with Crippen LogP contribution in [0.4, 0.5) is 0 Å². The van der Waals surface area contributed by atoms with Crippen molar-refractivity contribution in [3.8, 4) is 0 Å². The van der Waals surface area contributed by atoms with E-state index in [1.807, 2.05) is 24.3 Å². The highest BCUT2D eigenvalue weighted by atomic mass is 35.5. The van der Waals surface area contributed by atoms with E-state index in [4.69, 9.17) is 17.3 Å². The van der Waals surface area contributed by atoms with Gasteiger partial charge in [0.1, 0.15) is 6.04 Å². The predicted molar refractivity (Wildman–Crippen MR) is 97.8 cm³/mol. The van der Waals surface area contributed by atoms with Gasteiger partial charge in [0.05, 0.1) is 5.41 Å². The van der Waals surface area contributed by atoms with Crippen molar-refractivity contribution in [2.45, 2.75) is 60.9 Å². The van der Waals surface area contributed by atoms with Gasteiger partial charge in [-0.15, -0.1) is 11.6 Å². The topological polar surface area (TPSA) is 104 Å². The molecule has 0 spiro atoms. The number of nitrogens with two attached hydrogens (primary N) is 1.